The van der Waals surface area contributed by atoms with E-state index in [1.54, 1.807) is 4.90 Å². The van der Waals surface area contributed by atoms with Gasteiger partial charge in [-0.2, -0.15) is 0 Å². The van der Waals surface area contributed by atoms with Crippen molar-refractivity contribution in [1.29, 1.82) is 0 Å². The number of hydrogen-bond donors (Lipinski definition) is 0. The van der Waals surface area contributed by atoms with Gasteiger partial charge in [-0.1, -0.05) is 53.7 Å². The van der Waals surface area contributed by atoms with Gasteiger partial charge in [-0.25, -0.2) is 0 Å². The van der Waals surface area contributed by atoms with E-state index in [0.29, 0.717) is 12.2 Å². The molecule has 146 valence electrons. The summed E-state index contributed by atoms with van der Waals surface area (Å²) in [5, 5.41) is 0. The average molecular weight is 368 g/mol. The maximum absolute atomic E-state index is 13.0. The van der Waals surface area contributed by atoms with Crippen molar-refractivity contribution in [1.82, 2.24) is 0 Å². The normalized spacial score (nSPS) is 12.0. The maximum Gasteiger partial charge on any atom is 0.258 e. The summed E-state index contributed by atoms with van der Waals surface area (Å²) in [5.74, 6) is 0.864. The number of anilines is 1. The monoisotopic (exact) mass is 367 g/mol. The first kappa shape index (κ1) is 21.0. The Bertz CT molecular complexity index is 793. The fraction of sp³-hybridized carbons (Fsp3) is 0.458. The fourth-order valence-corrected chi connectivity index (χ4v) is 3.02. The van der Waals surface area contributed by atoms with Crippen molar-refractivity contribution < 1.29 is 9.53 Å². The van der Waals surface area contributed by atoms with Crippen LogP contribution < -0.4 is 9.64 Å². The predicted octanol–water partition coefficient (Wildman–Crippen LogP) is 5.96. The molecule has 0 spiro atoms. The first-order valence-electron chi connectivity index (χ1n) is 9.61. The summed E-state index contributed by atoms with van der Waals surface area (Å²) < 4.78 is 5.78. The second-order valence-corrected chi connectivity index (χ2v) is 9.05. The number of nitrogens with zero attached hydrogens (tertiary/aromatic N) is 1. The van der Waals surface area contributed by atoms with Crippen LogP contribution in [0, 0.1) is 0 Å². The van der Waals surface area contributed by atoms with Gasteiger partial charge < -0.3 is 9.64 Å². The number of hydrogen-bond acceptors (Lipinski definition) is 2. The quantitative estimate of drug-likeness (QED) is 0.667. The lowest BCUT2D eigenvalue weighted by Crippen LogP contribution is -2.27. The summed E-state index contributed by atoms with van der Waals surface area (Å²) in [5.41, 5.74) is 3.88. The molecular formula is C24H33NO2. The largest absolute Gasteiger partial charge is 0.494 e. The van der Waals surface area contributed by atoms with Gasteiger partial charge >= 0.3 is 0 Å². The van der Waals surface area contributed by atoms with E-state index in [2.05, 4.69) is 47.6 Å². The van der Waals surface area contributed by atoms with E-state index in [0.717, 1.165) is 17.0 Å². The van der Waals surface area contributed by atoms with Gasteiger partial charge in [0.05, 0.1) is 6.61 Å². The molecule has 0 saturated carbocycles. The molecule has 2 aromatic rings. The third-order valence-corrected chi connectivity index (χ3v) is 4.76. The first-order chi connectivity index (χ1) is 12.4. The summed E-state index contributed by atoms with van der Waals surface area (Å²) in [6.45, 7) is 15.6. The summed E-state index contributed by atoms with van der Waals surface area (Å²) in [6.07, 6.45) is 0. The smallest absolute Gasteiger partial charge is 0.258 e. The minimum Gasteiger partial charge on any atom is -0.494 e. The van der Waals surface area contributed by atoms with Gasteiger partial charge in [0.25, 0.3) is 5.91 Å². The number of carbonyl (C=O) groups excluding carboxylic acids is 1. The van der Waals surface area contributed by atoms with Crippen LogP contribution in [-0.2, 0) is 10.8 Å². The Morgan fingerprint density at radius 2 is 1.52 bits per heavy atom. The second kappa shape index (κ2) is 7.75. The Hall–Kier alpha value is -2.29. The van der Waals surface area contributed by atoms with Crippen LogP contribution in [0.15, 0.2) is 42.5 Å². The van der Waals surface area contributed by atoms with Crippen LogP contribution >= 0.6 is 0 Å². The minimum atomic E-state index is -0.0707. The number of rotatable bonds is 4. The van der Waals surface area contributed by atoms with Gasteiger partial charge in [-0.05, 0) is 53.6 Å². The summed E-state index contributed by atoms with van der Waals surface area (Å²) >= 11 is 0. The molecule has 1 amide bonds. The molecule has 0 aliphatic rings. The Balaban J connectivity index is 2.33. The van der Waals surface area contributed by atoms with E-state index < -0.39 is 0 Å². The van der Waals surface area contributed by atoms with Crippen molar-refractivity contribution in [3.05, 3.63) is 59.2 Å². The Morgan fingerprint density at radius 3 is 2.00 bits per heavy atom. The summed E-state index contributed by atoms with van der Waals surface area (Å²) in [6, 6.07) is 13.9. The molecule has 0 fully saturated rings. The molecule has 2 aromatic carbocycles. The molecule has 0 heterocycles. The lowest BCUT2D eigenvalue weighted by molar-refractivity contribution is 0.0993. The van der Waals surface area contributed by atoms with Crippen molar-refractivity contribution in [2.75, 3.05) is 18.6 Å². The molecule has 0 atom stereocenters. The van der Waals surface area contributed by atoms with Crippen molar-refractivity contribution in [3.8, 4) is 5.75 Å². The SMILES string of the molecule is CCOc1ccc(N(C)C(=O)c2ccc(C(C)(C)C)cc2)cc1C(C)(C)C. The highest BCUT2D eigenvalue weighted by molar-refractivity contribution is 6.05. The van der Waals surface area contributed by atoms with Gasteiger partial charge in [0.1, 0.15) is 5.75 Å². The Labute approximate surface area is 164 Å². The number of amides is 1. The molecule has 3 nitrogen and oxygen atoms in total. The molecule has 0 unspecified atom stereocenters. The first-order valence-corrected chi connectivity index (χ1v) is 9.61. The summed E-state index contributed by atoms with van der Waals surface area (Å²) in [7, 11) is 1.82. The molecule has 0 saturated heterocycles. The second-order valence-electron chi connectivity index (χ2n) is 9.05. The minimum absolute atomic E-state index is 0.0144. The van der Waals surface area contributed by atoms with E-state index in [1.807, 2.05) is 50.4 Å². The van der Waals surface area contributed by atoms with E-state index in [9.17, 15) is 4.79 Å². The zero-order valence-electron chi connectivity index (χ0n) is 18.0. The highest BCUT2D eigenvalue weighted by Gasteiger charge is 2.22. The van der Waals surface area contributed by atoms with Crippen molar-refractivity contribution >= 4 is 11.6 Å². The maximum atomic E-state index is 13.0. The highest BCUT2D eigenvalue weighted by atomic mass is 16.5. The van der Waals surface area contributed by atoms with Gasteiger partial charge in [0.2, 0.25) is 0 Å². The van der Waals surface area contributed by atoms with Crippen molar-refractivity contribution in [3.63, 3.8) is 0 Å². The third kappa shape index (κ3) is 4.91. The van der Waals surface area contributed by atoms with Crippen LogP contribution in [0.4, 0.5) is 5.69 Å². The standard InChI is InChI=1S/C24H33NO2/c1-9-27-21-15-14-19(16-20(21)24(5,6)7)25(8)22(26)17-10-12-18(13-11-17)23(2,3)4/h10-16H,9H2,1-8H3. The van der Waals surface area contributed by atoms with Crippen LogP contribution in [0.2, 0.25) is 0 Å². The molecule has 0 aliphatic carbocycles. The summed E-state index contributed by atoms with van der Waals surface area (Å²) in [4.78, 5) is 14.7. The van der Waals surface area contributed by atoms with Gasteiger partial charge in [-0.15, -0.1) is 0 Å². The van der Waals surface area contributed by atoms with Crippen LogP contribution in [0.3, 0.4) is 0 Å². The number of ether oxygens (including phenoxy) is 1. The number of carbonyl (C=O) groups is 1. The zero-order chi connectivity index (χ0) is 20.4. The Morgan fingerprint density at radius 1 is 0.926 bits per heavy atom. The van der Waals surface area contributed by atoms with Crippen molar-refractivity contribution in [2.45, 2.75) is 59.3 Å². The van der Waals surface area contributed by atoms with Crippen molar-refractivity contribution in [2.24, 2.45) is 0 Å². The van der Waals surface area contributed by atoms with Crippen LogP contribution in [0.25, 0.3) is 0 Å². The Kier molecular flexibility index (Phi) is 6.04. The molecule has 0 aromatic heterocycles. The van der Waals surface area contributed by atoms with E-state index >= 15 is 0 Å². The molecule has 0 radical (unpaired) electrons. The predicted molar refractivity (Wildman–Crippen MR) is 114 cm³/mol. The number of benzene rings is 2. The van der Waals surface area contributed by atoms with Gasteiger partial charge in [-0.3, -0.25) is 4.79 Å². The molecule has 0 aliphatic heterocycles. The lowest BCUT2D eigenvalue weighted by Gasteiger charge is -2.26. The third-order valence-electron chi connectivity index (χ3n) is 4.76. The molecular weight excluding hydrogens is 334 g/mol. The molecule has 2 rings (SSSR count). The molecule has 27 heavy (non-hydrogen) atoms. The van der Waals surface area contributed by atoms with Crippen LogP contribution in [0.1, 0.15) is 70.0 Å². The molecule has 0 N–H and O–H groups in total. The van der Waals surface area contributed by atoms with E-state index in [4.69, 9.17) is 4.74 Å². The fourth-order valence-electron chi connectivity index (χ4n) is 3.02. The van der Waals surface area contributed by atoms with Gasteiger partial charge in [0, 0.05) is 23.9 Å². The van der Waals surface area contributed by atoms with E-state index in [-0.39, 0.29) is 16.7 Å². The molecule has 3 heteroatoms. The zero-order valence-corrected chi connectivity index (χ0v) is 18.0. The van der Waals surface area contributed by atoms with E-state index in [1.165, 1.54) is 5.56 Å². The topological polar surface area (TPSA) is 29.5 Å². The van der Waals surface area contributed by atoms with Crippen LogP contribution in [0.5, 0.6) is 5.75 Å². The van der Waals surface area contributed by atoms with Crippen LogP contribution in [-0.4, -0.2) is 19.6 Å². The molecule has 0 bridgehead atoms. The average Bonchev–Trinajstić information content (AvgIpc) is 2.59. The lowest BCUT2D eigenvalue weighted by atomic mass is 9.86. The highest BCUT2D eigenvalue weighted by Crippen LogP contribution is 2.35. The van der Waals surface area contributed by atoms with Gasteiger partial charge in [0.15, 0.2) is 0 Å².